The average molecular weight is 271 g/mol. The number of nitrogens with one attached hydrogen (secondary N) is 1. The standard InChI is InChI=1S/C16H21N3O/c1-2-12-20-16-6-4-15(5-7-16)13-17-8-3-10-19-11-9-18-14-19/h2,4-7,9,11,14,17H,1,3,8,10,12-13H2. The zero-order chi connectivity index (χ0) is 14.0. The van der Waals surface area contributed by atoms with Crippen LogP contribution in [0.4, 0.5) is 0 Å². The summed E-state index contributed by atoms with van der Waals surface area (Å²) in [6.45, 7) is 7.05. The summed E-state index contributed by atoms with van der Waals surface area (Å²) < 4.78 is 7.54. The highest BCUT2D eigenvalue weighted by Gasteiger charge is 1.95. The first-order chi connectivity index (χ1) is 9.88. The van der Waals surface area contributed by atoms with E-state index in [2.05, 4.69) is 33.6 Å². The van der Waals surface area contributed by atoms with Crippen LogP contribution in [-0.4, -0.2) is 22.7 Å². The average Bonchev–Trinajstić information content (AvgIpc) is 2.99. The lowest BCUT2D eigenvalue weighted by molar-refractivity contribution is 0.363. The largest absolute Gasteiger partial charge is 0.490 e. The first-order valence-electron chi connectivity index (χ1n) is 6.87. The highest BCUT2D eigenvalue weighted by molar-refractivity contribution is 5.27. The molecule has 0 saturated carbocycles. The first-order valence-corrected chi connectivity index (χ1v) is 6.87. The number of hydrogen-bond acceptors (Lipinski definition) is 3. The molecule has 1 aromatic carbocycles. The molecule has 4 heteroatoms. The van der Waals surface area contributed by atoms with Crippen molar-refractivity contribution in [1.29, 1.82) is 0 Å². The summed E-state index contributed by atoms with van der Waals surface area (Å²) in [5.41, 5.74) is 1.26. The molecule has 1 heterocycles. The number of benzene rings is 1. The van der Waals surface area contributed by atoms with Crippen molar-refractivity contribution < 1.29 is 4.74 Å². The molecule has 0 radical (unpaired) electrons. The third-order valence-electron chi connectivity index (χ3n) is 2.95. The van der Waals surface area contributed by atoms with Gasteiger partial charge in [-0.05, 0) is 30.7 Å². The summed E-state index contributed by atoms with van der Waals surface area (Å²) in [6.07, 6.45) is 8.49. The van der Waals surface area contributed by atoms with Crippen molar-refractivity contribution in [3.8, 4) is 5.75 Å². The van der Waals surface area contributed by atoms with Gasteiger partial charge in [-0.2, -0.15) is 0 Å². The summed E-state index contributed by atoms with van der Waals surface area (Å²) in [7, 11) is 0. The molecular weight excluding hydrogens is 250 g/mol. The number of aryl methyl sites for hydroxylation is 1. The molecular formula is C16H21N3O. The SMILES string of the molecule is C=CCOc1ccc(CNCCCn2ccnc2)cc1. The predicted molar refractivity (Wildman–Crippen MR) is 80.7 cm³/mol. The zero-order valence-corrected chi connectivity index (χ0v) is 11.7. The van der Waals surface area contributed by atoms with Gasteiger partial charge < -0.3 is 14.6 Å². The maximum absolute atomic E-state index is 5.45. The van der Waals surface area contributed by atoms with Crippen molar-refractivity contribution in [2.75, 3.05) is 13.2 Å². The minimum Gasteiger partial charge on any atom is -0.490 e. The second-order valence-electron chi connectivity index (χ2n) is 4.57. The van der Waals surface area contributed by atoms with Crippen molar-refractivity contribution >= 4 is 0 Å². The Balaban J connectivity index is 1.62. The fourth-order valence-electron chi connectivity index (χ4n) is 1.90. The summed E-state index contributed by atoms with van der Waals surface area (Å²) in [4.78, 5) is 4.02. The van der Waals surface area contributed by atoms with Gasteiger partial charge in [-0.15, -0.1) is 0 Å². The Kier molecular flexibility index (Phi) is 5.86. The summed E-state index contributed by atoms with van der Waals surface area (Å²) in [5.74, 6) is 0.883. The van der Waals surface area contributed by atoms with Gasteiger partial charge in [-0.1, -0.05) is 24.8 Å². The van der Waals surface area contributed by atoms with Crippen molar-refractivity contribution in [3.05, 3.63) is 61.2 Å². The number of aromatic nitrogens is 2. The van der Waals surface area contributed by atoms with Gasteiger partial charge in [-0.25, -0.2) is 4.98 Å². The van der Waals surface area contributed by atoms with E-state index in [1.807, 2.05) is 30.9 Å². The molecule has 0 atom stereocenters. The van der Waals surface area contributed by atoms with E-state index in [9.17, 15) is 0 Å². The quantitative estimate of drug-likeness (QED) is 0.563. The number of ether oxygens (including phenoxy) is 1. The molecule has 0 fully saturated rings. The maximum Gasteiger partial charge on any atom is 0.119 e. The lowest BCUT2D eigenvalue weighted by Crippen LogP contribution is -2.16. The molecule has 0 amide bonds. The van der Waals surface area contributed by atoms with Crippen molar-refractivity contribution in [3.63, 3.8) is 0 Å². The minimum absolute atomic E-state index is 0.547. The van der Waals surface area contributed by atoms with Crippen LogP contribution in [0.2, 0.25) is 0 Å². The van der Waals surface area contributed by atoms with Gasteiger partial charge in [0.15, 0.2) is 0 Å². The Morgan fingerprint density at radius 2 is 2.15 bits per heavy atom. The second-order valence-corrected chi connectivity index (χ2v) is 4.57. The van der Waals surface area contributed by atoms with Gasteiger partial charge in [-0.3, -0.25) is 0 Å². The van der Waals surface area contributed by atoms with E-state index in [0.717, 1.165) is 31.8 Å². The smallest absolute Gasteiger partial charge is 0.119 e. The van der Waals surface area contributed by atoms with Crippen LogP contribution < -0.4 is 10.1 Å². The third-order valence-corrected chi connectivity index (χ3v) is 2.95. The van der Waals surface area contributed by atoms with E-state index >= 15 is 0 Å². The van der Waals surface area contributed by atoms with Gasteiger partial charge in [0.25, 0.3) is 0 Å². The molecule has 1 aromatic heterocycles. The Hall–Kier alpha value is -2.07. The fourth-order valence-corrected chi connectivity index (χ4v) is 1.90. The normalized spacial score (nSPS) is 10.4. The summed E-state index contributed by atoms with van der Waals surface area (Å²) in [6, 6.07) is 8.15. The van der Waals surface area contributed by atoms with Gasteiger partial charge in [0, 0.05) is 25.5 Å². The second kappa shape index (κ2) is 8.17. The van der Waals surface area contributed by atoms with Gasteiger partial charge in [0.2, 0.25) is 0 Å². The molecule has 20 heavy (non-hydrogen) atoms. The van der Waals surface area contributed by atoms with E-state index in [4.69, 9.17) is 4.74 Å². The van der Waals surface area contributed by atoms with Crippen LogP contribution in [0, 0.1) is 0 Å². The number of hydrogen-bond donors (Lipinski definition) is 1. The molecule has 106 valence electrons. The highest BCUT2D eigenvalue weighted by atomic mass is 16.5. The lowest BCUT2D eigenvalue weighted by atomic mass is 10.2. The van der Waals surface area contributed by atoms with E-state index in [1.54, 1.807) is 6.08 Å². The molecule has 2 aromatic rings. The Labute approximate surface area is 120 Å². The molecule has 0 aliphatic heterocycles. The van der Waals surface area contributed by atoms with E-state index < -0.39 is 0 Å². The summed E-state index contributed by atoms with van der Waals surface area (Å²) >= 11 is 0. The molecule has 1 N–H and O–H groups in total. The Bertz CT molecular complexity index is 491. The monoisotopic (exact) mass is 271 g/mol. The molecule has 0 aliphatic rings. The fraction of sp³-hybridized carbons (Fsp3) is 0.312. The van der Waals surface area contributed by atoms with Crippen LogP contribution in [0.3, 0.4) is 0 Å². The van der Waals surface area contributed by atoms with E-state index in [-0.39, 0.29) is 0 Å². The number of rotatable bonds is 9. The molecule has 0 unspecified atom stereocenters. The number of imidazole rings is 1. The van der Waals surface area contributed by atoms with Gasteiger partial charge in [0.1, 0.15) is 12.4 Å². The predicted octanol–water partition coefficient (Wildman–Crippen LogP) is 2.63. The van der Waals surface area contributed by atoms with Crippen molar-refractivity contribution in [2.24, 2.45) is 0 Å². The van der Waals surface area contributed by atoms with Crippen LogP contribution in [0.15, 0.2) is 55.6 Å². The Morgan fingerprint density at radius 1 is 1.30 bits per heavy atom. The van der Waals surface area contributed by atoms with Crippen LogP contribution in [0.25, 0.3) is 0 Å². The molecule has 0 saturated heterocycles. The van der Waals surface area contributed by atoms with Crippen LogP contribution in [-0.2, 0) is 13.1 Å². The highest BCUT2D eigenvalue weighted by Crippen LogP contribution is 2.11. The van der Waals surface area contributed by atoms with Crippen LogP contribution >= 0.6 is 0 Å². The number of nitrogens with zero attached hydrogens (tertiary/aromatic N) is 2. The molecule has 2 rings (SSSR count). The zero-order valence-electron chi connectivity index (χ0n) is 11.7. The first kappa shape index (κ1) is 14.3. The third kappa shape index (κ3) is 4.90. The van der Waals surface area contributed by atoms with Crippen molar-refractivity contribution in [2.45, 2.75) is 19.5 Å². The molecule has 0 bridgehead atoms. The van der Waals surface area contributed by atoms with Crippen molar-refractivity contribution in [1.82, 2.24) is 14.9 Å². The minimum atomic E-state index is 0.547. The molecule has 0 spiro atoms. The Morgan fingerprint density at radius 3 is 2.85 bits per heavy atom. The van der Waals surface area contributed by atoms with Gasteiger partial charge >= 0.3 is 0 Å². The molecule has 4 nitrogen and oxygen atoms in total. The van der Waals surface area contributed by atoms with E-state index in [1.165, 1.54) is 5.56 Å². The van der Waals surface area contributed by atoms with E-state index in [0.29, 0.717) is 6.61 Å². The summed E-state index contributed by atoms with van der Waals surface area (Å²) in [5, 5.41) is 3.44. The lowest BCUT2D eigenvalue weighted by Gasteiger charge is -2.07. The van der Waals surface area contributed by atoms with Crippen LogP contribution in [0.5, 0.6) is 5.75 Å². The van der Waals surface area contributed by atoms with Crippen LogP contribution in [0.1, 0.15) is 12.0 Å². The maximum atomic E-state index is 5.45. The topological polar surface area (TPSA) is 39.1 Å². The van der Waals surface area contributed by atoms with Gasteiger partial charge in [0.05, 0.1) is 6.33 Å². The molecule has 0 aliphatic carbocycles.